The molecule has 1 aromatic rings. The van der Waals surface area contributed by atoms with Crippen LogP contribution in [-0.2, 0) is 9.59 Å². The van der Waals surface area contributed by atoms with Crippen molar-refractivity contribution in [1.29, 1.82) is 0 Å². The SMILES string of the molecule is O=C1CCC(C(=O)N2CCN(C(=O)c3cccc(Cl)c3)CC2)N1. The van der Waals surface area contributed by atoms with Crippen molar-refractivity contribution in [2.75, 3.05) is 26.2 Å². The lowest BCUT2D eigenvalue weighted by atomic mass is 10.1. The van der Waals surface area contributed by atoms with Gasteiger partial charge in [-0.3, -0.25) is 14.4 Å². The Morgan fingerprint density at radius 1 is 1.13 bits per heavy atom. The van der Waals surface area contributed by atoms with E-state index in [9.17, 15) is 14.4 Å². The minimum Gasteiger partial charge on any atom is -0.344 e. The number of benzene rings is 1. The number of hydrogen-bond acceptors (Lipinski definition) is 3. The molecule has 0 bridgehead atoms. The normalized spacial score (nSPS) is 21.3. The van der Waals surface area contributed by atoms with Gasteiger partial charge in [-0.25, -0.2) is 0 Å². The van der Waals surface area contributed by atoms with Gasteiger partial charge >= 0.3 is 0 Å². The number of carbonyl (C=O) groups is 3. The van der Waals surface area contributed by atoms with Crippen molar-refractivity contribution in [3.63, 3.8) is 0 Å². The van der Waals surface area contributed by atoms with Gasteiger partial charge in [-0.05, 0) is 24.6 Å². The van der Waals surface area contributed by atoms with E-state index in [0.717, 1.165) is 0 Å². The molecule has 1 aromatic carbocycles. The van der Waals surface area contributed by atoms with Crippen molar-refractivity contribution in [2.45, 2.75) is 18.9 Å². The van der Waals surface area contributed by atoms with Crippen molar-refractivity contribution in [3.05, 3.63) is 34.9 Å². The standard InChI is InChI=1S/C16H18ClN3O3/c17-12-3-1-2-11(10-12)15(22)19-6-8-20(9-7-19)16(23)13-4-5-14(21)18-13/h1-3,10,13H,4-9H2,(H,18,21). The largest absolute Gasteiger partial charge is 0.344 e. The van der Waals surface area contributed by atoms with E-state index in [-0.39, 0.29) is 17.7 Å². The third-order valence-electron chi connectivity index (χ3n) is 4.24. The average molecular weight is 336 g/mol. The summed E-state index contributed by atoms with van der Waals surface area (Å²) in [5.41, 5.74) is 0.556. The fourth-order valence-electron chi connectivity index (χ4n) is 2.95. The zero-order valence-corrected chi connectivity index (χ0v) is 13.4. The number of halogens is 1. The number of rotatable bonds is 2. The summed E-state index contributed by atoms with van der Waals surface area (Å²) in [6.07, 6.45) is 0.961. The first-order valence-corrected chi connectivity index (χ1v) is 8.05. The van der Waals surface area contributed by atoms with Gasteiger partial charge in [0.15, 0.2) is 0 Å². The molecule has 7 heteroatoms. The summed E-state index contributed by atoms with van der Waals surface area (Å²) in [5, 5.41) is 3.22. The zero-order chi connectivity index (χ0) is 16.4. The predicted octanol–water partition coefficient (Wildman–Crippen LogP) is 0.903. The molecule has 2 fully saturated rings. The summed E-state index contributed by atoms with van der Waals surface area (Å²) in [4.78, 5) is 39.4. The fourth-order valence-corrected chi connectivity index (χ4v) is 3.14. The van der Waals surface area contributed by atoms with E-state index in [4.69, 9.17) is 11.6 Å². The van der Waals surface area contributed by atoms with Gasteiger partial charge in [0.25, 0.3) is 5.91 Å². The van der Waals surface area contributed by atoms with E-state index in [1.807, 2.05) is 0 Å². The highest BCUT2D eigenvalue weighted by molar-refractivity contribution is 6.30. The van der Waals surface area contributed by atoms with E-state index >= 15 is 0 Å². The Morgan fingerprint density at radius 3 is 2.43 bits per heavy atom. The van der Waals surface area contributed by atoms with Crippen LogP contribution in [0.2, 0.25) is 5.02 Å². The van der Waals surface area contributed by atoms with Gasteiger partial charge < -0.3 is 15.1 Å². The Morgan fingerprint density at radius 2 is 1.83 bits per heavy atom. The van der Waals surface area contributed by atoms with Crippen LogP contribution >= 0.6 is 11.6 Å². The van der Waals surface area contributed by atoms with Gasteiger partial charge in [0, 0.05) is 43.2 Å². The molecule has 2 aliphatic heterocycles. The van der Waals surface area contributed by atoms with Crippen LogP contribution in [0.15, 0.2) is 24.3 Å². The third-order valence-corrected chi connectivity index (χ3v) is 4.48. The monoisotopic (exact) mass is 335 g/mol. The van der Waals surface area contributed by atoms with Crippen LogP contribution in [0.25, 0.3) is 0 Å². The quantitative estimate of drug-likeness (QED) is 0.873. The molecule has 0 saturated carbocycles. The first-order valence-electron chi connectivity index (χ1n) is 7.67. The van der Waals surface area contributed by atoms with Crippen molar-refractivity contribution in [2.24, 2.45) is 0 Å². The molecule has 0 aliphatic carbocycles. The van der Waals surface area contributed by atoms with Crippen molar-refractivity contribution in [1.82, 2.24) is 15.1 Å². The van der Waals surface area contributed by atoms with Crippen LogP contribution in [0.3, 0.4) is 0 Å². The highest BCUT2D eigenvalue weighted by atomic mass is 35.5. The molecule has 0 aromatic heterocycles. The molecule has 3 amide bonds. The number of nitrogens with one attached hydrogen (secondary N) is 1. The van der Waals surface area contributed by atoms with Crippen molar-refractivity contribution < 1.29 is 14.4 Å². The van der Waals surface area contributed by atoms with Gasteiger partial charge in [0.1, 0.15) is 6.04 Å². The van der Waals surface area contributed by atoms with Gasteiger partial charge in [-0.1, -0.05) is 17.7 Å². The number of nitrogens with zero attached hydrogens (tertiary/aromatic N) is 2. The van der Waals surface area contributed by atoms with E-state index in [1.54, 1.807) is 34.1 Å². The molecular weight excluding hydrogens is 318 g/mol. The molecule has 2 heterocycles. The third kappa shape index (κ3) is 3.47. The maximum atomic E-state index is 12.4. The maximum absolute atomic E-state index is 12.4. The van der Waals surface area contributed by atoms with E-state index in [1.165, 1.54) is 0 Å². The smallest absolute Gasteiger partial charge is 0.254 e. The maximum Gasteiger partial charge on any atom is 0.254 e. The molecule has 1 N–H and O–H groups in total. The second kappa shape index (κ2) is 6.58. The summed E-state index contributed by atoms with van der Waals surface area (Å²) in [6.45, 7) is 1.94. The van der Waals surface area contributed by atoms with Crippen molar-refractivity contribution >= 4 is 29.3 Å². The molecule has 122 valence electrons. The number of piperazine rings is 1. The molecule has 23 heavy (non-hydrogen) atoms. The first kappa shape index (κ1) is 15.8. The summed E-state index contributed by atoms with van der Waals surface area (Å²) in [6, 6.07) is 6.45. The molecule has 1 unspecified atom stereocenters. The minimum absolute atomic E-state index is 0.0503. The lowest BCUT2D eigenvalue weighted by Gasteiger charge is -2.36. The van der Waals surface area contributed by atoms with Crippen LogP contribution in [-0.4, -0.2) is 59.7 Å². The highest BCUT2D eigenvalue weighted by Crippen LogP contribution is 2.16. The minimum atomic E-state index is -0.405. The molecule has 0 radical (unpaired) electrons. The molecule has 6 nitrogen and oxygen atoms in total. The molecule has 1 atom stereocenters. The van der Waals surface area contributed by atoms with Gasteiger partial charge in [0.2, 0.25) is 11.8 Å². The molecule has 3 rings (SSSR count). The van der Waals surface area contributed by atoms with Crippen LogP contribution < -0.4 is 5.32 Å². The Labute approximate surface area is 139 Å². The Balaban J connectivity index is 1.57. The summed E-state index contributed by atoms with van der Waals surface area (Å²) >= 11 is 5.92. The average Bonchev–Trinajstić information content (AvgIpc) is 3.00. The van der Waals surface area contributed by atoms with E-state index in [2.05, 4.69) is 5.32 Å². The lowest BCUT2D eigenvalue weighted by molar-refractivity contribution is -0.135. The molecule has 2 saturated heterocycles. The highest BCUT2D eigenvalue weighted by Gasteiger charge is 2.33. The Kier molecular flexibility index (Phi) is 4.52. The second-order valence-electron chi connectivity index (χ2n) is 5.79. The Bertz CT molecular complexity index is 641. The number of carbonyl (C=O) groups excluding carboxylic acids is 3. The molecule has 0 spiro atoms. The summed E-state index contributed by atoms with van der Waals surface area (Å²) in [7, 11) is 0. The van der Waals surface area contributed by atoms with Crippen molar-refractivity contribution in [3.8, 4) is 0 Å². The molecular formula is C16H18ClN3O3. The van der Waals surface area contributed by atoms with Crippen LogP contribution in [0, 0.1) is 0 Å². The first-order chi connectivity index (χ1) is 11.0. The summed E-state index contributed by atoms with van der Waals surface area (Å²) in [5.74, 6) is -0.197. The van der Waals surface area contributed by atoms with E-state index < -0.39 is 6.04 Å². The van der Waals surface area contributed by atoms with Crippen LogP contribution in [0.5, 0.6) is 0 Å². The predicted molar refractivity (Wildman–Crippen MR) is 85.1 cm³/mol. The topological polar surface area (TPSA) is 69.7 Å². The number of amides is 3. The zero-order valence-electron chi connectivity index (χ0n) is 12.6. The lowest BCUT2D eigenvalue weighted by Crippen LogP contribution is -2.54. The van der Waals surface area contributed by atoms with Gasteiger partial charge in [-0.2, -0.15) is 0 Å². The van der Waals surface area contributed by atoms with Gasteiger partial charge in [0.05, 0.1) is 0 Å². The number of hydrogen-bond donors (Lipinski definition) is 1. The summed E-state index contributed by atoms with van der Waals surface area (Å²) < 4.78 is 0. The Hall–Kier alpha value is -2.08. The van der Waals surface area contributed by atoms with E-state index in [0.29, 0.717) is 49.6 Å². The molecule has 2 aliphatic rings. The second-order valence-corrected chi connectivity index (χ2v) is 6.22. The van der Waals surface area contributed by atoms with Crippen LogP contribution in [0.4, 0.5) is 0 Å². The fraction of sp³-hybridized carbons (Fsp3) is 0.438. The van der Waals surface area contributed by atoms with Gasteiger partial charge in [-0.15, -0.1) is 0 Å². The van der Waals surface area contributed by atoms with Crippen LogP contribution in [0.1, 0.15) is 23.2 Å².